The van der Waals surface area contributed by atoms with Crippen molar-refractivity contribution in [1.82, 2.24) is 4.90 Å². The second-order valence-electron chi connectivity index (χ2n) is 6.60. The van der Waals surface area contributed by atoms with Crippen molar-refractivity contribution in [2.75, 3.05) is 6.54 Å². The normalized spacial score (nSPS) is 19.1. The van der Waals surface area contributed by atoms with E-state index < -0.39 is 35.3 Å². The van der Waals surface area contributed by atoms with E-state index >= 15 is 0 Å². The van der Waals surface area contributed by atoms with Crippen LogP contribution in [-0.4, -0.2) is 23.1 Å². The molecule has 128 valence electrons. The summed E-state index contributed by atoms with van der Waals surface area (Å²) in [7, 11) is 0. The van der Waals surface area contributed by atoms with Crippen LogP contribution in [0, 0.1) is 5.82 Å². The molecule has 0 N–H and O–H groups in total. The zero-order valence-corrected chi connectivity index (χ0v) is 13.2. The lowest BCUT2D eigenvalue weighted by molar-refractivity contribution is -0.137. The molecule has 0 bridgehead atoms. The molecule has 1 aliphatic heterocycles. The summed E-state index contributed by atoms with van der Waals surface area (Å²) < 4.78 is 57.4. The molecule has 0 saturated carbocycles. The van der Waals surface area contributed by atoms with Gasteiger partial charge in [0.15, 0.2) is 0 Å². The predicted octanol–water partition coefficient (Wildman–Crippen LogP) is 4.92. The van der Waals surface area contributed by atoms with Gasteiger partial charge in [0.1, 0.15) is 11.4 Å². The molecule has 1 amide bonds. The fourth-order valence-corrected chi connectivity index (χ4v) is 2.62. The number of benzene rings is 1. The Kier molecular flexibility index (Phi) is 4.59. The van der Waals surface area contributed by atoms with E-state index in [9.17, 15) is 22.4 Å². The number of ether oxygens (including phenoxy) is 1. The lowest BCUT2D eigenvalue weighted by atomic mass is 10.0. The Balaban J connectivity index is 2.30. The highest BCUT2D eigenvalue weighted by atomic mass is 19.4. The third-order valence-corrected chi connectivity index (χ3v) is 3.51. The first-order chi connectivity index (χ1) is 10.5. The molecule has 1 aromatic rings. The second-order valence-corrected chi connectivity index (χ2v) is 6.60. The molecule has 1 aliphatic rings. The molecular formula is C16H19F4NO2. The first-order valence-corrected chi connectivity index (χ1v) is 7.35. The van der Waals surface area contributed by atoms with Gasteiger partial charge in [0.25, 0.3) is 0 Å². The molecule has 1 aromatic carbocycles. The first-order valence-electron chi connectivity index (χ1n) is 7.35. The highest BCUT2D eigenvalue weighted by molar-refractivity contribution is 5.69. The Hall–Kier alpha value is -1.79. The Morgan fingerprint density at radius 1 is 1.22 bits per heavy atom. The largest absolute Gasteiger partial charge is 0.444 e. The van der Waals surface area contributed by atoms with E-state index in [4.69, 9.17) is 4.74 Å². The lowest BCUT2D eigenvalue weighted by Gasteiger charge is -2.29. The topological polar surface area (TPSA) is 29.5 Å². The van der Waals surface area contributed by atoms with Crippen LogP contribution in [0.5, 0.6) is 0 Å². The van der Waals surface area contributed by atoms with Crippen LogP contribution in [0.15, 0.2) is 18.2 Å². The van der Waals surface area contributed by atoms with Crippen LogP contribution in [0.3, 0.4) is 0 Å². The smallest absolute Gasteiger partial charge is 0.416 e. The summed E-state index contributed by atoms with van der Waals surface area (Å²) in [5.41, 5.74) is -1.62. The van der Waals surface area contributed by atoms with Crippen LogP contribution in [-0.2, 0) is 10.9 Å². The summed E-state index contributed by atoms with van der Waals surface area (Å²) in [6.45, 7) is 5.50. The summed E-state index contributed by atoms with van der Waals surface area (Å²) in [5, 5.41) is 0. The summed E-state index contributed by atoms with van der Waals surface area (Å²) in [5.74, 6) is -0.967. The van der Waals surface area contributed by atoms with Gasteiger partial charge in [0, 0.05) is 6.54 Å². The molecule has 1 heterocycles. The number of carbonyl (C=O) groups excluding carboxylic acids is 1. The molecule has 1 fully saturated rings. The lowest BCUT2D eigenvalue weighted by Crippen LogP contribution is -2.36. The van der Waals surface area contributed by atoms with Crippen molar-refractivity contribution in [2.24, 2.45) is 0 Å². The molecule has 1 atom stereocenters. The maximum Gasteiger partial charge on any atom is 0.416 e. The molecule has 1 saturated heterocycles. The average molecular weight is 333 g/mol. The third kappa shape index (κ3) is 4.36. The Morgan fingerprint density at radius 3 is 2.43 bits per heavy atom. The minimum atomic E-state index is -4.63. The van der Waals surface area contributed by atoms with E-state index in [-0.39, 0.29) is 5.56 Å². The fourth-order valence-electron chi connectivity index (χ4n) is 2.62. The highest BCUT2D eigenvalue weighted by Crippen LogP contribution is 2.37. The Labute approximate surface area is 132 Å². The SMILES string of the molecule is CC(C)(C)OC(=O)N1CCC[C@H]1c1cc(F)cc(C(F)(F)F)c1. The minimum Gasteiger partial charge on any atom is -0.444 e. The van der Waals surface area contributed by atoms with Gasteiger partial charge in [-0.3, -0.25) is 0 Å². The summed E-state index contributed by atoms with van der Waals surface area (Å²) in [4.78, 5) is 13.6. The monoisotopic (exact) mass is 333 g/mol. The minimum absolute atomic E-state index is 0.140. The van der Waals surface area contributed by atoms with Crippen LogP contribution in [0.25, 0.3) is 0 Å². The van der Waals surface area contributed by atoms with Crippen LogP contribution < -0.4 is 0 Å². The quantitative estimate of drug-likeness (QED) is 0.683. The molecule has 0 aromatic heterocycles. The van der Waals surface area contributed by atoms with E-state index in [1.807, 2.05) is 0 Å². The van der Waals surface area contributed by atoms with Gasteiger partial charge in [0.2, 0.25) is 0 Å². The van der Waals surface area contributed by atoms with Crippen molar-refractivity contribution < 1.29 is 27.1 Å². The van der Waals surface area contributed by atoms with E-state index in [0.29, 0.717) is 25.5 Å². The van der Waals surface area contributed by atoms with Gasteiger partial charge in [-0.1, -0.05) is 0 Å². The standard InChI is InChI=1S/C16H19F4NO2/c1-15(2,3)23-14(22)21-6-4-5-13(21)10-7-11(16(18,19)20)9-12(17)8-10/h7-9,13H,4-6H2,1-3H3/t13-/m0/s1. The van der Waals surface area contributed by atoms with Crippen LogP contribution in [0.4, 0.5) is 22.4 Å². The Morgan fingerprint density at radius 2 is 1.87 bits per heavy atom. The van der Waals surface area contributed by atoms with Gasteiger partial charge < -0.3 is 9.64 Å². The molecule has 0 unspecified atom stereocenters. The van der Waals surface area contributed by atoms with Gasteiger partial charge in [-0.2, -0.15) is 13.2 Å². The molecular weight excluding hydrogens is 314 g/mol. The molecule has 3 nitrogen and oxygen atoms in total. The van der Waals surface area contributed by atoms with Crippen molar-refractivity contribution in [1.29, 1.82) is 0 Å². The van der Waals surface area contributed by atoms with Crippen molar-refractivity contribution in [3.05, 3.63) is 35.1 Å². The van der Waals surface area contributed by atoms with Crippen LogP contribution in [0.2, 0.25) is 0 Å². The summed E-state index contributed by atoms with van der Waals surface area (Å²) >= 11 is 0. The highest BCUT2D eigenvalue weighted by Gasteiger charge is 2.36. The van der Waals surface area contributed by atoms with E-state index in [2.05, 4.69) is 0 Å². The van der Waals surface area contributed by atoms with Crippen LogP contribution >= 0.6 is 0 Å². The molecule has 0 aliphatic carbocycles. The predicted molar refractivity (Wildman–Crippen MR) is 76.3 cm³/mol. The number of alkyl halides is 3. The number of carbonyl (C=O) groups is 1. The number of nitrogens with zero attached hydrogens (tertiary/aromatic N) is 1. The van der Waals surface area contributed by atoms with Crippen molar-refractivity contribution in [3.8, 4) is 0 Å². The van der Waals surface area contributed by atoms with Gasteiger partial charge in [-0.25, -0.2) is 9.18 Å². The van der Waals surface area contributed by atoms with Crippen molar-refractivity contribution in [2.45, 2.75) is 51.4 Å². The van der Waals surface area contributed by atoms with Gasteiger partial charge in [-0.05, 0) is 57.4 Å². The van der Waals surface area contributed by atoms with E-state index in [1.165, 1.54) is 4.90 Å². The van der Waals surface area contributed by atoms with Crippen molar-refractivity contribution in [3.63, 3.8) is 0 Å². The zero-order valence-electron chi connectivity index (χ0n) is 13.2. The molecule has 0 spiro atoms. The molecule has 2 rings (SSSR count). The number of hydrogen-bond donors (Lipinski definition) is 0. The third-order valence-electron chi connectivity index (χ3n) is 3.51. The first kappa shape index (κ1) is 17.6. The number of rotatable bonds is 1. The zero-order chi connectivity index (χ0) is 17.4. The maximum atomic E-state index is 13.6. The van der Waals surface area contributed by atoms with Crippen molar-refractivity contribution >= 4 is 6.09 Å². The fraction of sp³-hybridized carbons (Fsp3) is 0.562. The molecule has 7 heteroatoms. The van der Waals surface area contributed by atoms with Gasteiger partial charge >= 0.3 is 12.3 Å². The van der Waals surface area contributed by atoms with Gasteiger partial charge in [-0.15, -0.1) is 0 Å². The maximum absolute atomic E-state index is 13.6. The number of halogens is 4. The molecule has 0 radical (unpaired) electrons. The summed E-state index contributed by atoms with van der Waals surface area (Å²) in [6.07, 6.45) is -4.13. The number of hydrogen-bond acceptors (Lipinski definition) is 2. The van der Waals surface area contributed by atoms with Crippen LogP contribution in [0.1, 0.15) is 50.8 Å². The van der Waals surface area contributed by atoms with E-state index in [1.54, 1.807) is 20.8 Å². The van der Waals surface area contributed by atoms with Gasteiger partial charge in [0.05, 0.1) is 11.6 Å². The Bertz CT molecular complexity index is 593. The number of amides is 1. The van der Waals surface area contributed by atoms with E-state index in [0.717, 1.165) is 12.1 Å². The molecule has 23 heavy (non-hydrogen) atoms. The second kappa shape index (κ2) is 6.02. The average Bonchev–Trinajstić information content (AvgIpc) is 2.84. The summed E-state index contributed by atoms with van der Waals surface area (Å²) in [6, 6.07) is 1.79. The number of likely N-dealkylation sites (tertiary alicyclic amines) is 1.